The van der Waals surface area contributed by atoms with Crippen LogP contribution in [-0.4, -0.2) is 74.0 Å². The van der Waals surface area contributed by atoms with E-state index in [4.69, 9.17) is 8.92 Å². The number of benzene rings is 2. The van der Waals surface area contributed by atoms with Gasteiger partial charge in [-0.2, -0.15) is 8.42 Å². The van der Waals surface area contributed by atoms with Crippen LogP contribution in [0, 0.1) is 0 Å². The van der Waals surface area contributed by atoms with E-state index in [1.807, 2.05) is 0 Å². The number of halogens is 1. The van der Waals surface area contributed by atoms with Gasteiger partial charge in [-0.1, -0.05) is 6.07 Å². The van der Waals surface area contributed by atoms with Gasteiger partial charge in [-0.15, -0.1) is 0 Å². The fourth-order valence-electron chi connectivity index (χ4n) is 3.58. The van der Waals surface area contributed by atoms with Crippen molar-refractivity contribution in [3.63, 3.8) is 0 Å². The van der Waals surface area contributed by atoms with E-state index in [9.17, 15) is 27.6 Å². The van der Waals surface area contributed by atoms with Crippen LogP contribution in [0.4, 0.5) is 10.5 Å². The Bertz CT molecular complexity index is 1420. The minimum atomic E-state index is -4.17. The van der Waals surface area contributed by atoms with E-state index < -0.39 is 21.3 Å². The fraction of sp³-hybridized carbons (Fsp3) is 0.250. The zero-order chi connectivity index (χ0) is 27.4. The smallest absolute Gasteiger partial charge is 0.339 e. The first-order valence-electron chi connectivity index (χ1n) is 11.3. The lowest BCUT2D eigenvalue weighted by Gasteiger charge is -2.28. The molecule has 0 radical (unpaired) electrons. The molecule has 0 saturated carbocycles. The second-order valence-electron chi connectivity index (χ2n) is 8.19. The van der Waals surface area contributed by atoms with Gasteiger partial charge >= 0.3 is 10.1 Å². The summed E-state index contributed by atoms with van der Waals surface area (Å²) in [4.78, 5) is 51.3. The van der Waals surface area contributed by atoms with E-state index in [1.54, 1.807) is 4.90 Å². The summed E-state index contributed by atoms with van der Waals surface area (Å²) in [6.45, 7) is 2.63. The Balaban J connectivity index is 1.44. The van der Waals surface area contributed by atoms with Crippen molar-refractivity contribution < 1.29 is 36.5 Å². The zero-order valence-electron chi connectivity index (χ0n) is 20.0. The summed E-state index contributed by atoms with van der Waals surface area (Å²) in [5.41, 5.74) is 0.947. The quantitative estimate of drug-likeness (QED) is 0.364. The summed E-state index contributed by atoms with van der Waals surface area (Å²) >= 11 is 4.00. The molecule has 14 heteroatoms. The average molecular weight is 624 g/mol. The van der Waals surface area contributed by atoms with Crippen LogP contribution in [0.1, 0.15) is 12.5 Å². The maximum absolute atomic E-state index is 12.8. The summed E-state index contributed by atoms with van der Waals surface area (Å²) in [7, 11) is -4.17. The number of carbonyl (C=O) groups excluding carboxylic acids is 4. The molecule has 0 atom stereocenters. The van der Waals surface area contributed by atoms with Crippen LogP contribution in [0.2, 0.25) is 0 Å². The Labute approximate surface area is 231 Å². The number of morpholine rings is 1. The maximum atomic E-state index is 12.8. The molecule has 4 amide bonds. The van der Waals surface area contributed by atoms with Crippen LogP contribution in [0.25, 0.3) is 6.08 Å². The third-order valence-electron chi connectivity index (χ3n) is 5.45. The number of ether oxygens (including phenoxy) is 1. The van der Waals surface area contributed by atoms with Crippen molar-refractivity contribution in [1.82, 2.24) is 9.80 Å². The molecule has 11 nitrogen and oxygen atoms in total. The number of nitrogens with zero attached hydrogens (tertiary/aromatic N) is 2. The predicted octanol–water partition coefficient (Wildman–Crippen LogP) is 3.07. The maximum Gasteiger partial charge on any atom is 0.339 e. The Morgan fingerprint density at radius 1 is 1.13 bits per heavy atom. The molecule has 2 aliphatic rings. The van der Waals surface area contributed by atoms with Gasteiger partial charge in [0.15, 0.2) is 5.75 Å². The molecule has 1 N–H and O–H groups in total. The highest BCUT2D eigenvalue weighted by molar-refractivity contribution is 9.10. The number of anilines is 1. The highest BCUT2D eigenvalue weighted by Gasteiger charge is 2.37. The Morgan fingerprint density at radius 3 is 2.45 bits per heavy atom. The van der Waals surface area contributed by atoms with Gasteiger partial charge in [-0.25, -0.2) is 0 Å². The molecule has 2 aromatic carbocycles. The van der Waals surface area contributed by atoms with Gasteiger partial charge in [-0.3, -0.25) is 24.1 Å². The predicted molar refractivity (Wildman–Crippen MR) is 143 cm³/mol. The normalized spacial score (nSPS) is 17.2. The van der Waals surface area contributed by atoms with E-state index in [2.05, 4.69) is 21.2 Å². The molecular weight excluding hydrogens is 602 g/mol. The third-order valence-corrected chi connectivity index (χ3v) is 8.22. The number of hydrogen-bond acceptors (Lipinski definition) is 9. The SMILES string of the molecule is CC(=O)Nc1ccc(S(=O)(=O)Oc2ccc(/C=C3\SC(=O)N(CC(=O)N4CCOCC4)C3=O)cc2Br)cc1. The van der Waals surface area contributed by atoms with Crippen LogP contribution in [0.3, 0.4) is 0 Å². The number of hydrogen-bond donors (Lipinski definition) is 1. The van der Waals surface area contributed by atoms with Crippen molar-refractivity contribution in [2.24, 2.45) is 0 Å². The van der Waals surface area contributed by atoms with Crippen LogP contribution in [0.5, 0.6) is 5.75 Å². The molecule has 2 heterocycles. The molecule has 2 fully saturated rings. The van der Waals surface area contributed by atoms with Gasteiger partial charge in [0.1, 0.15) is 11.4 Å². The van der Waals surface area contributed by atoms with Crippen LogP contribution in [0.15, 0.2) is 56.7 Å². The second kappa shape index (κ2) is 11.7. The number of rotatable bonds is 7. The first-order chi connectivity index (χ1) is 18.0. The summed E-state index contributed by atoms with van der Waals surface area (Å²) in [5, 5.41) is 2.01. The number of amides is 4. The van der Waals surface area contributed by atoms with Crippen molar-refractivity contribution in [3.05, 3.63) is 57.4 Å². The first-order valence-corrected chi connectivity index (χ1v) is 14.3. The van der Waals surface area contributed by atoms with Crippen molar-refractivity contribution in [3.8, 4) is 5.75 Å². The Kier molecular flexibility index (Phi) is 8.55. The standard InChI is InChI=1S/C24H22BrN3O8S2/c1-15(29)26-17-3-5-18(6-4-17)38(33,34)36-20-7-2-16(12-19(20)25)13-21-23(31)28(24(32)37-21)14-22(30)27-8-10-35-11-9-27/h2-7,12-13H,8-11,14H2,1H3,(H,26,29)/b21-13-. The van der Waals surface area contributed by atoms with Crippen LogP contribution < -0.4 is 9.50 Å². The molecule has 0 unspecified atom stereocenters. The lowest BCUT2D eigenvalue weighted by atomic mass is 10.2. The van der Waals surface area contributed by atoms with E-state index in [1.165, 1.54) is 55.5 Å². The van der Waals surface area contributed by atoms with Gasteiger partial charge in [0, 0.05) is 25.7 Å². The molecule has 2 saturated heterocycles. The minimum Gasteiger partial charge on any atom is -0.378 e. The van der Waals surface area contributed by atoms with Crippen LogP contribution >= 0.6 is 27.7 Å². The second-order valence-corrected chi connectivity index (χ2v) is 11.6. The molecule has 2 aliphatic heterocycles. The van der Waals surface area contributed by atoms with E-state index in [0.29, 0.717) is 42.0 Å². The summed E-state index contributed by atoms with van der Waals surface area (Å²) in [6.07, 6.45) is 1.48. The Hall–Kier alpha value is -3.20. The van der Waals surface area contributed by atoms with E-state index >= 15 is 0 Å². The summed E-state index contributed by atoms with van der Waals surface area (Å²) in [5.74, 6) is -1.18. The van der Waals surface area contributed by atoms with Gasteiger partial charge in [0.2, 0.25) is 11.8 Å². The van der Waals surface area contributed by atoms with E-state index in [0.717, 1.165) is 16.7 Å². The van der Waals surface area contributed by atoms with Gasteiger partial charge in [0.25, 0.3) is 11.1 Å². The molecule has 0 aromatic heterocycles. The monoisotopic (exact) mass is 623 g/mol. The molecule has 0 aliphatic carbocycles. The van der Waals surface area contributed by atoms with Gasteiger partial charge in [-0.05, 0) is 75.7 Å². The average Bonchev–Trinajstić information content (AvgIpc) is 3.13. The lowest BCUT2D eigenvalue weighted by molar-refractivity contribution is -0.139. The Morgan fingerprint density at radius 2 is 1.82 bits per heavy atom. The minimum absolute atomic E-state index is 0.0114. The topological polar surface area (TPSA) is 139 Å². The fourth-order valence-corrected chi connectivity index (χ4v) is 5.95. The van der Waals surface area contributed by atoms with Gasteiger partial charge < -0.3 is 19.1 Å². The molecule has 4 rings (SSSR count). The molecule has 0 spiro atoms. The van der Waals surface area contributed by atoms with Crippen molar-refractivity contribution in [1.29, 1.82) is 0 Å². The molecule has 0 bridgehead atoms. The molecule has 38 heavy (non-hydrogen) atoms. The van der Waals surface area contributed by atoms with Crippen molar-refractivity contribution >= 4 is 72.5 Å². The zero-order valence-corrected chi connectivity index (χ0v) is 23.2. The van der Waals surface area contributed by atoms with Gasteiger partial charge in [0.05, 0.1) is 22.6 Å². The highest BCUT2D eigenvalue weighted by Crippen LogP contribution is 2.34. The highest BCUT2D eigenvalue weighted by atomic mass is 79.9. The third kappa shape index (κ3) is 6.62. The summed E-state index contributed by atoms with van der Waals surface area (Å²) in [6, 6.07) is 9.98. The number of carbonyl (C=O) groups is 4. The number of imide groups is 1. The number of thioether (sulfide) groups is 1. The largest absolute Gasteiger partial charge is 0.378 e. The summed E-state index contributed by atoms with van der Waals surface area (Å²) < 4.78 is 36.2. The van der Waals surface area contributed by atoms with Crippen molar-refractivity contribution in [2.45, 2.75) is 11.8 Å². The molecular formula is C24H22BrN3O8S2. The number of nitrogens with one attached hydrogen (secondary N) is 1. The van der Waals surface area contributed by atoms with E-state index in [-0.39, 0.29) is 33.9 Å². The first kappa shape index (κ1) is 27.8. The molecule has 200 valence electrons. The molecule has 2 aromatic rings. The van der Waals surface area contributed by atoms with Crippen LogP contribution in [-0.2, 0) is 29.2 Å². The lowest BCUT2D eigenvalue weighted by Crippen LogP contribution is -2.46. The van der Waals surface area contributed by atoms with Crippen molar-refractivity contribution in [2.75, 3.05) is 38.2 Å².